The average molecular weight is 267 g/mol. The lowest BCUT2D eigenvalue weighted by Gasteiger charge is -2.01. The molecule has 1 N–H and O–H groups in total. The molecule has 0 radical (unpaired) electrons. The van der Waals surface area contributed by atoms with Gasteiger partial charge in [0.15, 0.2) is 5.13 Å². The summed E-state index contributed by atoms with van der Waals surface area (Å²) in [6.45, 7) is 1.83. The number of hydrogen-bond donors (Lipinski definition) is 1. The van der Waals surface area contributed by atoms with Crippen LogP contribution in [0.5, 0.6) is 0 Å². The number of thiazole rings is 1. The monoisotopic (exact) mass is 267 g/mol. The van der Waals surface area contributed by atoms with Gasteiger partial charge in [-0.05, 0) is 25.1 Å². The number of aryl methyl sites for hydroxylation is 1. The molecule has 0 saturated carbocycles. The molecule has 0 bridgehead atoms. The van der Waals surface area contributed by atoms with E-state index in [4.69, 9.17) is 5.26 Å². The molecule has 2 aromatic heterocycles. The number of nitriles is 1. The fraction of sp³-hybridized carbons (Fsp3) is 0.0769. The highest BCUT2D eigenvalue weighted by Gasteiger charge is 2.06. The number of benzene rings is 1. The molecule has 92 valence electrons. The van der Waals surface area contributed by atoms with Crippen LogP contribution >= 0.6 is 11.3 Å². The van der Waals surface area contributed by atoms with Crippen molar-refractivity contribution in [2.24, 2.45) is 0 Å². The smallest absolute Gasteiger partial charge is 0.230 e. The van der Waals surface area contributed by atoms with Crippen molar-refractivity contribution in [2.45, 2.75) is 6.92 Å². The molecular formula is C13H9N5S. The third-order valence-electron chi connectivity index (χ3n) is 2.48. The molecule has 19 heavy (non-hydrogen) atoms. The Morgan fingerprint density at radius 3 is 2.84 bits per heavy atom. The lowest BCUT2D eigenvalue weighted by Crippen LogP contribution is -1.99. The summed E-state index contributed by atoms with van der Waals surface area (Å²) in [5.74, 6) is 0.399. The maximum absolute atomic E-state index is 8.89. The quantitative estimate of drug-likeness (QED) is 0.772. The number of fused-ring (bicyclic) bond motifs is 1. The molecule has 1 aromatic carbocycles. The van der Waals surface area contributed by atoms with Crippen LogP contribution in [0.25, 0.3) is 10.2 Å². The SMILES string of the molecule is Cc1cc(C#N)nc(Nc2nc3ccccc3s2)n1. The van der Waals surface area contributed by atoms with Crippen LogP contribution in [0.3, 0.4) is 0 Å². The average Bonchev–Trinajstić information content (AvgIpc) is 2.80. The fourth-order valence-electron chi connectivity index (χ4n) is 1.70. The first-order valence-electron chi connectivity index (χ1n) is 5.63. The Labute approximate surface area is 113 Å². The van der Waals surface area contributed by atoms with Crippen LogP contribution in [0.1, 0.15) is 11.4 Å². The van der Waals surface area contributed by atoms with Crippen LogP contribution in [0, 0.1) is 18.3 Å². The minimum atomic E-state index is 0.344. The predicted molar refractivity (Wildman–Crippen MR) is 74.4 cm³/mol. The summed E-state index contributed by atoms with van der Waals surface area (Å²) in [5, 5.41) is 12.6. The molecule has 0 atom stereocenters. The van der Waals surface area contributed by atoms with E-state index in [-0.39, 0.29) is 0 Å². The summed E-state index contributed by atoms with van der Waals surface area (Å²) in [6.07, 6.45) is 0. The van der Waals surface area contributed by atoms with Crippen molar-refractivity contribution in [1.29, 1.82) is 5.26 Å². The van der Waals surface area contributed by atoms with Crippen LogP contribution < -0.4 is 5.32 Å². The lowest BCUT2D eigenvalue weighted by molar-refractivity contribution is 1.08. The van der Waals surface area contributed by atoms with E-state index < -0.39 is 0 Å². The molecule has 0 fully saturated rings. The lowest BCUT2D eigenvalue weighted by atomic mass is 10.3. The Kier molecular flexibility index (Phi) is 2.82. The summed E-state index contributed by atoms with van der Waals surface area (Å²) >= 11 is 1.53. The van der Waals surface area contributed by atoms with Gasteiger partial charge >= 0.3 is 0 Å². The van der Waals surface area contributed by atoms with Gasteiger partial charge in [-0.1, -0.05) is 23.5 Å². The summed E-state index contributed by atoms with van der Waals surface area (Å²) in [4.78, 5) is 12.8. The number of nitrogens with one attached hydrogen (secondary N) is 1. The van der Waals surface area contributed by atoms with Gasteiger partial charge in [0.05, 0.1) is 10.2 Å². The minimum Gasteiger partial charge on any atom is -0.300 e. The maximum atomic E-state index is 8.89. The summed E-state index contributed by atoms with van der Waals surface area (Å²) in [6, 6.07) is 11.5. The normalized spacial score (nSPS) is 10.3. The standard InChI is InChI=1S/C13H9N5S/c1-8-6-9(7-14)16-12(15-8)18-13-17-10-4-2-3-5-11(10)19-13/h2-6H,1H3,(H,15,16,17,18). The molecule has 0 amide bonds. The largest absolute Gasteiger partial charge is 0.300 e. The molecule has 0 aliphatic rings. The van der Waals surface area contributed by atoms with Gasteiger partial charge < -0.3 is 0 Å². The molecule has 5 nitrogen and oxygen atoms in total. The van der Waals surface area contributed by atoms with Crippen LogP contribution in [0.2, 0.25) is 0 Å². The van der Waals surface area contributed by atoms with Crippen molar-refractivity contribution in [2.75, 3.05) is 5.32 Å². The van der Waals surface area contributed by atoms with Crippen LogP contribution in [-0.4, -0.2) is 15.0 Å². The number of para-hydroxylation sites is 1. The van der Waals surface area contributed by atoms with E-state index in [1.54, 1.807) is 6.07 Å². The third kappa shape index (κ3) is 2.37. The zero-order valence-corrected chi connectivity index (χ0v) is 10.9. The zero-order valence-electron chi connectivity index (χ0n) is 10.1. The van der Waals surface area contributed by atoms with E-state index >= 15 is 0 Å². The highest BCUT2D eigenvalue weighted by atomic mass is 32.1. The third-order valence-corrected chi connectivity index (χ3v) is 3.43. The number of aromatic nitrogens is 3. The molecule has 0 spiro atoms. The van der Waals surface area contributed by atoms with Crippen molar-refractivity contribution >= 4 is 32.6 Å². The molecule has 0 unspecified atom stereocenters. The Bertz CT molecular complexity index is 754. The van der Waals surface area contributed by atoms with Gasteiger partial charge in [-0.15, -0.1) is 0 Å². The highest BCUT2D eigenvalue weighted by molar-refractivity contribution is 7.22. The fourth-order valence-corrected chi connectivity index (χ4v) is 2.56. The molecule has 3 rings (SSSR count). The van der Waals surface area contributed by atoms with Crippen molar-refractivity contribution in [3.05, 3.63) is 41.7 Å². The van der Waals surface area contributed by atoms with E-state index in [0.29, 0.717) is 11.6 Å². The zero-order chi connectivity index (χ0) is 13.2. The summed E-state index contributed by atoms with van der Waals surface area (Å²) < 4.78 is 1.10. The van der Waals surface area contributed by atoms with E-state index in [2.05, 4.69) is 20.3 Å². The minimum absolute atomic E-state index is 0.344. The second-order valence-corrected chi connectivity index (χ2v) is 4.97. The van der Waals surface area contributed by atoms with Gasteiger partial charge in [-0.25, -0.2) is 15.0 Å². The topological polar surface area (TPSA) is 74.5 Å². The molecule has 2 heterocycles. The molecule has 0 saturated heterocycles. The molecule has 6 heteroatoms. The number of hydrogen-bond acceptors (Lipinski definition) is 6. The first-order valence-corrected chi connectivity index (χ1v) is 6.44. The molecule has 3 aromatic rings. The van der Waals surface area contributed by atoms with Gasteiger partial charge in [0.25, 0.3) is 0 Å². The van der Waals surface area contributed by atoms with E-state index in [9.17, 15) is 0 Å². The van der Waals surface area contributed by atoms with Gasteiger partial charge in [-0.2, -0.15) is 5.26 Å². The maximum Gasteiger partial charge on any atom is 0.230 e. The first-order chi connectivity index (χ1) is 9.24. The Morgan fingerprint density at radius 2 is 2.05 bits per heavy atom. The van der Waals surface area contributed by atoms with Crippen molar-refractivity contribution in [3.8, 4) is 6.07 Å². The summed E-state index contributed by atoms with van der Waals surface area (Å²) in [5.41, 5.74) is 2.02. The Hall–Kier alpha value is -2.52. The van der Waals surface area contributed by atoms with Gasteiger partial charge in [0.1, 0.15) is 11.8 Å². The highest BCUT2D eigenvalue weighted by Crippen LogP contribution is 2.27. The van der Waals surface area contributed by atoms with E-state index in [0.717, 1.165) is 21.0 Å². The Balaban J connectivity index is 1.96. The number of rotatable bonds is 2. The van der Waals surface area contributed by atoms with Crippen molar-refractivity contribution in [1.82, 2.24) is 15.0 Å². The van der Waals surface area contributed by atoms with E-state index in [1.165, 1.54) is 11.3 Å². The van der Waals surface area contributed by atoms with Crippen LogP contribution in [0.15, 0.2) is 30.3 Å². The van der Waals surface area contributed by atoms with Crippen LogP contribution in [-0.2, 0) is 0 Å². The first kappa shape index (κ1) is 11.6. The van der Waals surface area contributed by atoms with Gasteiger partial charge in [0.2, 0.25) is 5.95 Å². The molecular weight excluding hydrogens is 258 g/mol. The number of nitrogens with zero attached hydrogens (tertiary/aromatic N) is 4. The Morgan fingerprint density at radius 1 is 1.21 bits per heavy atom. The van der Waals surface area contributed by atoms with Crippen molar-refractivity contribution in [3.63, 3.8) is 0 Å². The van der Waals surface area contributed by atoms with Crippen LogP contribution in [0.4, 0.5) is 11.1 Å². The second kappa shape index (κ2) is 4.63. The second-order valence-electron chi connectivity index (χ2n) is 3.94. The molecule has 0 aliphatic heterocycles. The van der Waals surface area contributed by atoms with Crippen molar-refractivity contribution < 1.29 is 0 Å². The van der Waals surface area contributed by atoms with Gasteiger partial charge in [0, 0.05) is 5.69 Å². The summed E-state index contributed by atoms with van der Waals surface area (Å²) in [7, 11) is 0. The number of anilines is 2. The molecule has 0 aliphatic carbocycles. The predicted octanol–water partition coefficient (Wildman–Crippen LogP) is 3.01. The van der Waals surface area contributed by atoms with E-state index in [1.807, 2.05) is 37.3 Å². The van der Waals surface area contributed by atoms with Gasteiger partial charge in [-0.3, -0.25) is 5.32 Å².